The number of methoxy groups -OCH3 is 1. The molecular weight excluding hydrogens is 138 g/mol. The molecule has 0 saturated heterocycles. The van der Waals surface area contributed by atoms with Gasteiger partial charge in [0.25, 0.3) is 0 Å². The van der Waals surface area contributed by atoms with E-state index < -0.39 is 0 Å². The second kappa shape index (κ2) is 4.38. The summed E-state index contributed by atoms with van der Waals surface area (Å²) in [4.78, 5) is 0. The van der Waals surface area contributed by atoms with Gasteiger partial charge in [0.1, 0.15) is 0 Å². The maximum atomic E-state index is 5.20. The van der Waals surface area contributed by atoms with Crippen LogP contribution in [-0.2, 0) is 4.74 Å². The van der Waals surface area contributed by atoms with Crippen molar-refractivity contribution in [3.63, 3.8) is 0 Å². The highest BCUT2D eigenvalue weighted by Gasteiger charge is 2.15. The van der Waals surface area contributed by atoms with E-state index in [4.69, 9.17) is 11.2 Å². The molecule has 0 bridgehead atoms. The van der Waals surface area contributed by atoms with Crippen molar-refractivity contribution in [1.29, 1.82) is 0 Å². The summed E-state index contributed by atoms with van der Waals surface area (Å²) >= 11 is 0. The lowest BCUT2D eigenvalue weighted by molar-refractivity contribution is 0.0226. The Hall–Kier alpha value is -0.520. The molecule has 0 aliphatic rings. The van der Waals surface area contributed by atoms with Gasteiger partial charge in [-0.15, -0.1) is 6.42 Å². The largest absolute Gasteiger partial charge is 0.377 e. The van der Waals surface area contributed by atoms with Crippen LogP contribution in [0.1, 0.15) is 20.8 Å². The molecule has 0 heterocycles. The van der Waals surface area contributed by atoms with Gasteiger partial charge >= 0.3 is 0 Å². The average Bonchev–Trinajstić information content (AvgIpc) is 2.00. The van der Waals surface area contributed by atoms with Gasteiger partial charge < -0.3 is 10.1 Å². The highest BCUT2D eigenvalue weighted by Crippen LogP contribution is 2.04. The topological polar surface area (TPSA) is 21.3 Å². The molecule has 0 aromatic heterocycles. The van der Waals surface area contributed by atoms with Crippen LogP contribution >= 0.6 is 0 Å². The molecule has 1 N–H and O–H groups in total. The van der Waals surface area contributed by atoms with Gasteiger partial charge in [0.15, 0.2) is 0 Å². The average molecular weight is 155 g/mol. The summed E-state index contributed by atoms with van der Waals surface area (Å²) < 4.78 is 5.20. The number of rotatable bonds is 4. The van der Waals surface area contributed by atoms with E-state index in [-0.39, 0.29) is 11.6 Å². The Bertz CT molecular complexity index is 146. The van der Waals surface area contributed by atoms with E-state index in [0.717, 1.165) is 6.54 Å². The fourth-order valence-electron chi connectivity index (χ4n) is 0.530. The van der Waals surface area contributed by atoms with E-state index in [1.807, 2.05) is 20.8 Å². The van der Waals surface area contributed by atoms with Crippen molar-refractivity contribution in [3.05, 3.63) is 0 Å². The molecule has 64 valence electrons. The first-order chi connectivity index (χ1) is 5.02. The minimum atomic E-state index is -0.134. The number of nitrogens with one attached hydrogen (secondary N) is 1. The van der Waals surface area contributed by atoms with Crippen molar-refractivity contribution in [2.75, 3.05) is 13.7 Å². The summed E-state index contributed by atoms with van der Waals surface area (Å²) in [5.74, 6) is 2.59. The van der Waals surface area contributed by atoms with E-state index in [1.54, 1.807) is 7.11 Å². The fraction of sp³-hybridized carbons (Fsp3) is 0.778. The zero-order valence-corrected chi connectivity index (χ0v) is 7.77. The number of hydrogen-bond donors (Lipinski definition) is 1. The molecule has 0 radical (unpaired) electrons. The molecule has 0 aliphatic heterocycles. The molecule has 1 atom stereocenters. The fourth-order valence-corrected chi connectivity index (χ4v) is 0.530. The molecule has 11 heavy (non-hydrogen) atoms. The quantitative estimate of drug-likeness (QED) is 0.612. The standard InChI is InChI=1S/C9H17NO/c1-6-8(2)10-7-9(3,4)11-5/h1,8,10H,7H2,2-5H3. The Morgan fingerprint density at radius 1 is 1.64 bits per heavy atom. The normalized spacial score (nSPS) is 14.1. The molecule has 1 unspecified atom stereocenters. The zero-order valence-electron chi connectivity index (χ0n) is 7.77. The first-order valence-electron chi connectivity index (χ1n) is 3.76. The Kier molecular flexibility index (Phi) is 4.17. The van der Waals surface area contributed by atoms with Gasteiger partial charge in [-0.3, -0.25) is 0 Å². The van der Waals surface area contributed by atoms with Gasteiger partial charge in [-0.2, -0.15) is 0 Å². The van der Waals surface area contributed by atoms with E-state index in [2.05, 4.69) is 11.2 Å². The van der Waals surface area contributed by atoms with Crippen LogP contribution in [-0.4, -0.2) is 25.3 Å². The molecule has 0 aromatic rings. The third kappa shape index (κ3) is 4.83. The lowest BCUT2D eigenvalue weighted by atomic mass is 10.1. The summed E-state index contributed by atoms with van der Waals surface area (Å²) in [5.41, 5.74) is -0.134. The molecule has 0 rings (SSSR count). The first-order valence-corrected chi connectivity index (χ1v) is 3.76. The number of ether oxygens (including phenoxy) is 1. The van der Waals surface area contributed by atoms with Crippen LogP contribution in [0, 0.1) is 12.3 Å². The van der Waals surface area contributed by atoms with Gasteiger partial charge in [0, 0.05) is 13.7 Å². The molecular formula is C9H17NO. The first kappa shape index (κ1) is 10.5. The Balaban J connectivity index is 3.63. The van der Waals surface area contributed by atoms with E-state index in [0.29, 0.717) is 0 Å². The molecule has 2 heteroatoms. The van der Waals surface area contributed by atoms with Gasteiger partial charge in [-0.05, 0) is 20.8 Å². The molecule has 0 aromatic carbocycles. The van der Waals surface area contributed by atoms with Gasteiger partial charge in [0.2, 0.25) is 0 Å². The number of terminal acetylenes is 1. The summed E-state index contributed by atoms with van der Waals surface area (Å²) in [6, 6.07) is 0.115. The monoisotopic (exact) mass is 155 g/mol. The Morgan fingerprint density at radius 3 is 2.55 bits per heavy atom. The summed E-state index contributed by atoms with van der Waals surface area (Å²) in [7, 11) is 1.70. The van der Waals surface area contributed by atoms with E-state index in [9.17, 15) is 0 Å². The van der Waals surface area contributed by atoms with Crippen LogP contribution in [0.25, 0.3) is 0 Å². The SMILES string of the molecule is C#CC(C)NCC(C)(C)OC. The molecule has 0 aliphatic carbocycles. The maximum Gasteiger partial charge on any atom is 0.0746 e. The molecule has 2 nitrogen and oxygen atoms in total. The molecule has 0 spiro atoms. The minimum Gasteiger partial charge on any atom is -0.377 e. The van der Waals surface area contributed by atoms with Crippen molar-refractivity contribution in [2.24, 2.45) is 0 Å². The lowest BCUT2D eigenvalue weighted by Gasteiger charge is -2.24. The third-order valence-electron chi connectivity index (χ3n) is 1.64. The van der Waals surface area contributed by atoms with E-state index in [1.165, 1.54) is 0 Å². The highest BCUT2D eigenvalue weighted by molar-refractivity contribution is 4.96. The lowest BCUT2D eigenvalue weighted by Crippen LogP contribution is -2.40. The van der Waals surface area contributed by atoms with Crippen LogP contribution in [0.15, 0.2) is 0 Å². The summed E-state index contributed by atoms with van der Waals surface area (Å²) in [6.45, 7) is 6.76. The summed E-state index contributed by atoms with van der Waals surface area (Å²) in [5, 5.41) is 3.16. The second-order valence-electron chi connectivity index (χ2n) is 3.23. The van der Waals surface area contributed by atoms with Crippen LogP contribution in [0.2, 0.25) is 0 Å². The smallest absolute Gasteiger partial charge is 0.0746 e. The van der Waals surface area contributed by atoms with Crippen LogP contribution in [0.3, 0.4) is 0 Å². The molecule has 0 fully saturated rings. The van der Waals surface area contributed by atoms with Crippen molar-refractivity contribution < 1.29 is 4.74 Å². The van der Waals surface area contributed by atoms with E-state index >= 15 is 0 Å². The van der Waals surface area contributed by atoms with Crippen LogP contribution in [0.4, 0.5) is 0 Å². The predicted molar refractivity (Wildman–Crippen MR) is 47.4 cm³/mol. The van der Waals surface area contributed by atoms with Gasteiger partial charge in [-0.25, -0.2) is 0 Å². The van der Waals surface area contributed by atoms with Crippen molar-refractivity contribution in [3.8, 4) is 12.3 Å². The van der Waals surface area contributed by atoms with Gasteiger partial charge in [-0.1, -0.05) is 5.92 Å². The highest BCUT2D eigenvalue weighted by atomic mass is 16.5. The second-order valence-corrected chi connectivity index (χ2v) is 3.23. The van der Waals surface area contributed by atoms with Crippen molar-refractivity contribution in [2.45, 2.75) is 32.4 Å². The molecule has 0 amide bonds. The van der Waals surface area contributed by atoms with Crippen molar-refractivity contribution >= 4 is 0 Å². The zero-order chi connectivity index (χ0) is 8.91. The van der Waals surface area contributed by atoms with Gasteiger partial charge in [0.05, 0.1) is 11.6 Å². The van der Waals surface area contributed by atoms with Crippen LogP contribution < -0.4 is 5.32 Å². The van der Waals surface area contributed by atoms with Crippen LogP contribution in [0.5, 0.6) is 0 Å². The van der Waals surface area contributed by atoms with Crippen molar-refractivity contribution in [1.82, 2.24) is 5.32 Å². The predicted octanol–water partition coefficient (Wildman–Crippen LogP) is 1.02. The Morgan fingerprint density at radius 2 is 2.18 bits per heavy atom. The Labute approximate surface area is 69.3 Å². The number of hydrogen-bond acceptors (Lipinski definition) is 2. The molecule has 0 saturated carbocycles. The maximum absolute atomic E-state index is 5.20. The summed E-state index contributed by atoms with van der Waals surface area (Å²) in [6.07, 6.45) is 5.19. The minimum absolute atomic E-state index is 0.115. The third-order valence-corrected chi connectivity index (χ3v) is 1.64.